The van der Waals surface area contributed by atoms with E-state index in [9.17, 15) is 4.79 Å². The Labute approximate surface area is 114 Å². The van der Waals surface area contributed by atoms with Crippen LogP contribution in [0.25, 0.3) is 0 Å². The lowest BCUT2D eigenvalue weighted by Gasteiger charge is -2.07. The van der Waals surface area contributed by atoms with Crippen molar-refractivity contribution in [2.75, 3.05) is 12.3 Å². The predicted molar refractivity (Wildman–Crippen MR) is 72.1 cm³/mol. The van der Waals surface area contributed by atoms with Gasteiger partial charge in [0.2, 0.25) is 5.16 Å². The van der Waals surface area contributed by atoms with Crippen molar-refractivity contribution in [1.29, 1.82) is 0 Å². The van der Waals surface area contributed by atoms with Gasteiger partial charge in [-0.05, 0) is 43.8 Å². The van der Waals surface area contributed by atoms with Crippen LogP contribution in [-0.4, -0.2) is 27.8 Å². The average Bonchev–Trinajstić information content (AvgIpc) is 2.77. The largest absolute Gasteiger partial charge is 0.462 e. The molecule has 0 amide bonds. The van der Waals surface area contributed by atoms with Gasteiger partial charge in [0.1, 0.15) is 5.82 Å². The third-order valence-electron chi connectivity index (χ3n) is 2.28. The van der Waals surface area contributed by atoms with Crippen molar-refractivity contribution in [2.24, 2.45) is 0 Å². The van der Waals surface area contributed by atoms with Crippen molar-refractivity contribution < 1.29 is 9.53 Å². The number of benzene rings is 1. The summed E-state index contributed by atoms with van der Waals surface area (Å²) in [6.45, 7) is 3.89. The number of esters is 1. The van der Waals surface area contributed by atoms with Crippen molar-refractivity contribution in [3.63, 3.8) is 0 Å². The van der Waals surface area contributed by atoms with Crippen LogP contribution in [0, 0.1) is 6.92 Å². The number of aryl methyl sites for hydroxylation is 1. The van der Waals surface area contributed by atoms with E-state index in [2.05, 4.69) is 15.2 Å². The Balaban J connectivity index is 2.31. The highest BCUT2D eigenvalue weighted by Crippen LogP contribution is 2.29. The number of nitrogen functional groups attached to an aromatic ring is 1. The predicted octanol–water partition coefficient (Wildman–Crippen LogP) is 2.02. The topological polar surface area (TPSA) is 93.9 Å². The molecule has 0 aliphatic heterocycles. The second kappa shape index (κ2) is 5.75. The van der Waals surface area contributed by atoms with Crippen LogP contribution in [-0.2, 0) is 4.74 Å². The van der Waals surface area contributed by atoms with Gasteiger partial charge in [-0.25, -0.2) is 9.78 Å². The standard InChI is InChI=1S/C12H14N4O2S/c1-3-18-11(17)9-6-8(13)4-5-10(9)19-12-14-7(2)15-16-12/h4-6H,3,13H2,1-2H3,(H,14,15,16). The summed E-state index contributed by atoms with van der Waals surface area (Å²) >= 11 is 1.29. The number of ether oxygens (including phenoxy) is 1. The summed E-state index contributed by atoms with van der Waals surface area (Å²) < 4.78 is 5.01. The summed E-state index contributed by atoms with van der Waals surface area (Å²) in [6, 6.07) is 5.09. The fraction of sp³-hybridized carbons (Fsp3) is 0.250. The summed E-state index contributed by atoms with van der Waals surface area (Å²) in [4.78, 5) is 16.8. The summed E-state index contributed by atoms with van der Waals surface area (Å²) in [7, 11) is 0. The van der Waals surface area contributed by atoms with Crippen LogP contribution in [0.5, 0.6) is 0 Å². The van der Waals surface area contributed by atoms with Crippen LogP contribution >= 0.6 is 11.8 Å². The maximum absolute atomic E-state index is 11.9. The number of nitrogens with zero attached hydrogens (tertiary/aromatic N) is 2. The van der Waals surface area contributed by atoms with Crippen LogP contribution in [0.15, 0.2) is 28.3 Å². The molecular formula is C12H14N4O2S. The number of hydrogen-bond acceptors (Lipinski definition) is 6. The minimum Gasteiger partial charge on any atom is -0.462 e. The highest BCUT2D eigenvalue weighted by atomic mass is 32.2. The maximum Gasteiger partial charge on any atom is 0.339 e. The second-order valence-corrected chi connectivity index (χ2v) is 4.79. The molecule has 0 spiro atoms. The number of carbonyl (C=O) groups excluding carboxylic acids is 1. The molecule has 2 rings (SSSR count). The summed E-state index contributed by atoms with van der Waals surface area (Å²) in [5, 5.41) is 7.32. The molecular weight excluding hydrogens is 264 g/mol. The first kappa shape index (κ1) is 13.4. The minimum absolute atomic E-state index is 0.317. The lowest BCUT2D eigenvalue weighted by molar-refractivity contribution is 0.0522. The Morgan fingerprint density at radius 1 is 1.53 bits per heavy atom. The number of anilines is 1. The molecule has 2 aromatic rings. The number of carbonyl (C=O) groups is 1. The number of rotatable bonds is 4. The first-order valence-corrected chi connectivity index (χ1v) is 6.55. The SMILES string of the molecule is CCOC(=O)c1cc(N)ccc1Sc1n[nH]c(C)n1. The third-order valence-corrected chi connectivity index (χ3v) is 3.22. The second-order valence-electron chi connectivity index (χ2n) is 3.78. The molecule has 0 atom stereocenters. The zero-order chi connectivity index (χ0) is 13.8. The van der Waals surface area contributed by atoms with Gasteiger partial charge in [0, 0.05) is 10.6 Å². The normalized spacial score (nSPS) is 10.4. The van der Waals surface area contributed by atoms with Crippen molar-refractivity contribution in [3.8, 4) is 0 Å². The Hall–Kier alpha value is -2.02. The van der Waals surface area contributed by atoms with Gasteiger partial charge in [-0.15, -0.1) is 5.10 Å². The molecule has 1 heterocycles. The van der Waals surface area contributed by atoms with E-state index in [1.54, 1.807) is 25.1 Å². The molecule has 19 heavy (non-hydrogen) atoms. The zero-order valence-electron chi connectivity index (χ0n) is 10.6. The summed E-state index contributed by atoms with van der Waals surface area (Å²) in [5.74, 6) is 0.320. The summed E-state index contributed by atoms with van der Waals surface area (Å²) in [6.07, 6.45) is 0. The molecule has 0 aliphatic carbocycles. The molecule has 7 heteroatoms. The average molecular weight is 278 g/mol. The Kier molecular flexibility index (Phi) is 4.06. The van der Waals surface area contributed by atoms with E-state index in [1.807, 2.05) is 6.92 Å². The molecule has 1 aromatic heterocycles. The van der Waals surface area contributed by atoms with Gasteiger partial charge in [0.25, 0.3) is 0 Å². The first-order valence-electron chi connectivity index (χ1n) is 5.73. The number of hydrogen-bond donors (Lipinski definition) is 2. The number of nitrogens with two attached hydrogens (primary N) is 1. The number of aromatic nitrogens is 3. The van der Waals surface area contributed by atoms with Crippen LogP contribution in [0.2, 0.25) is 0 Å². The molecule has 0 saturated heterocycles. The van der Waals surface area contributed by atoms with Crippen molar-refractivity contribution in [2.45, 2.75) is 23.9 Å². The lowest BCUT2D eigenvalue weighted by atomic mass is 10.2. The van der Waals surface area contributed by atoms with Gasteiger partial charge in [-0.3, -0.25) is 5.10 Å². The van der Waals surface area contributed by atoms with Crippen LogP contribution in [0.1, 0.15) is 23.1 Å². The van der Waals surface area contributed by atoms with E-state index in [0.29, 0.717) is 27.9 Å². The fourth-order valence-corrected chi connectivity index (χ4v) is 2.33. The van der Waals surface area contributed by atoms with Gasteiger partial charge >= 0.3 is 5.97 Å². The van der Waals surface area contributed by atoms with E-state index < -0.39 is 5.97 Å². The van der Waals surface area contributed by atoms with Gasteiger partial charge in [0.15, 0.2) is 0 Å². The smallest absolute Gasteiger partial charge is 0.339 e. The number of nitrogens with one attached hydrogen (secondary N) is 1. The molecule has 3 N–H and O–H groups in total. The quantitative estimate of drug-likeness (QED) is 0.656. The Morgan fingerprint density at radius 2 is 2.32 bits per heavy atom. The molecule has 1 aromatic carbocycles. The van der Waals surface area contributed by atoms with E-state index >= 15 is 0 Å². The molecule has 100 valence electrons. The van der Waals surface area contributed by atoms with Crippen LogP contribution in [0.4, 0.5) is 5.69 Å². The Bertz CT molecular complexity index is 597. The van der Waals surface area contributed by atoms with Crippen LogP contribution in [0.3, 0.4) is 0 Å². The van der Waals surface area contributed by atoms with Gasteiger partial charge in [0.05, 0.1) is 12.2 Å². The highest BCUT2D eigenvalue weighted by molar-refractivity contribution is 7.99. The number of H-pyrrole nitrogens is 1. The van der Waals surface area contributed by atoms with E-state index in [0.717, 1.165) is 5.82 Å². The van der Waals surface area contributed by atoms with Gasteiger partial charge < -0.3 is 10.5 Å². The molecule has 0 radical (unpaired) electrons. The third kappa shape index (κ3) is 3.25. The molecule has 0 bridgehead atoms. The van der Waals surface area contributed by atoms with Crippen molar-refractivity contribution in [1.82, 2.24) is 15.2 Å². The van der Waals surface area contributed by atoms with Crippen molar-refractivity contribution >= 4 is 23.4 Å². The maximum atomic E-state index is 11.9. The van der Waals surface area contributed by atoms with Gasteiger partial charge in [-0.1, -0.05) is 0 Å². The highest BCUT2D eigenvalue weighted by Gasteiger charge is 2.15. The summed E-state index contributed by atoms with van der Waals surface area (Å²) in [5.41, 5.74) is 6.64. The minimum atomic E-state index is -0.399. The van der Waals surface area contributed by atoms with Crippen LogP contribution < -0.4 is 5.73 Å². The fourth-order valence-electron chi connectivity index (χ4n) is 1.47. The molecule has 6 nitrogen and oxygen atoms in total. The number of aromatic amines is 1. The monoisotopic (exact) mass is 278 g/mol. The lowest BCUT2D eigenvalue weighted by Crippen LogP contribution is -2.07. The Morgan fingerprint density at radius 3 is 2.95 bits per heavy atom. The van der Waals surface area contributed by atoms with E-state index in [1.165, 1.54) is 11.8 Å². The van der Waals surface area contributed by atoms with Crippen molar-refractivity contribution in [3.05, 3.63) is 29.6 Å². The molecule has 0 fully saturated rings. The van der Waals surface area contributed by atoms with Gasteiger partial charge in [-0.2, -0.15) is 0 Å². The molecule has 0 unspecified atom stereocenters. The molecule has 0 aliphatic rings. The first-order chi connectivity index (χ1) is 9.10. The van der Waals surface area contributed by atoms with E-state index in [4.69, 9.17) is 10.5 Å². The zero-order valence-corrected chi connectivity index (χ0v) is 11.5. The molecule has 0 saturated carbocycles. The van der Waals surface area contributed by atoms with E-state index in [-0.39, 0.29) is 0 Å².